The highest BCUT2D eigenvalue weighted by atomic mass is 32.3. The lowest BCUT2D eigenvalue weighted by atomic mass is 10.0. The fourth-order valence-electron chi connectivity index (χ4n) is 5.28. The predicted octanol–water partition coefficient (Wildman–Crippen LogP) is 6.89. The number of halogens is 3. The molecule has 0 amide bonds. The van der Waals surface area contributed by atoms with Crippen molar-refractivity contribution >= 4 is 25.1 Å². The van der Waals surface area contributed by atoms with E-state index in [1.165, 1.54) is 7.11 Å². The number of benzene rings is 3. The number of furan rings is 1. The Balaban J connectivity index is 1.69. The van der Waals surface area contributed by atoms with Crippen molar-refractivity contribution in [1.29, 1.82) is 0 Å². The first-order valence-corrected chi connectivity index (χ1v) is 18.3. The van der Waals surface area contributed by atoms with E-state index in [0.29, 0.717) is 21.6 Å². The summed E-state index contributed by atoms with van der Waals surface area (Å²) in [7, 11) is -6.49. The summed E-state index contributed by atoms with van der Waals surface area (Å²) in [6.07, 6.45) is -1.62. The van der Waals surface area contributed by atoms with Gasteiger partial charge in [-0.05, 0) is 85.4 Å². The van der Waals surface area contributed by atoms with Crippen molar-refractivity contribution in [3.63, 3.8) is 0 Å². The van der Waals surface area contributed by atoms with Crippen LogP contribution >= 0.6 is 0 Å². The Morgan fingerprint density at radius 2 is 1.51 bits per heavy atom. The minimum absolute atomic E-state index is 0.0912. The van der Waals surface area contributed by atoms with E-state index in [2.05, 4.69) is 0 Å². The number of ether oxygens (including phenoxy) is 1. The minimum atomic E-state index is -4.71. The van der Waals surface area contributed by atoms with Crippen molar-refractivity contribution in [3.8, 4) is 11.1 Å². The average Bonchev–Trinajstić information content (AvgIpc) is 3.41. The Kier molecular flexibility index (Phi) is 9.27. The van der Waals surface area contributed by atoms with Gasteiger partial charge in [0, 0.05) is 11.4 Å². The fraction of sp³-hybridized carbons (Fsp3) is 0.303. The standard InChI is InChI=1S/C33H36F3NO6S2/c1-22-16-23(2)32(24(3)17-22)44(39,40)37(20-28-14-15-30(43-28)33(34,35)36)19-25-10-12-26(13-11-25)27-8-7-9-29(18-27)45(5,6,41)21-31(38)42-4/h7-18H,19-21H2,1-6H3. The lowest BCUT2D eigenvalue weighted by Gasteiger charge is -2.33. The van der Waals surface area contributed by atoms with Gasteiger partial charge in [-0.2, -0.15) is 17.5 Å². The molecule has 0 N–H and O–H groups in total. The van der Waals surface area contributed by atoms with E-state index in [1.54, 1.807) is 81.0 Å². The molecule has 4 rings (SSSR count). The number of esters is 1. The summed E-state index contributed by atoms with van der Waals surface area (Å²) in [6.45, 7) is 4.66. The molecular formula is C33H36F3NO6S2. The second-order valence-electron chi connectivity index (χ2n) is 11.8. The van der Waals surface area contributed by atoms with E-state index >= 15 is 0 Å². The quantitative estimate of drug-likeness (QED) is 0.172. The van der Waals surface area contributed by atoms with Gasteiger partial charge >= 0.3 is 12.1 Å². The van der Waals surface area contributed by atoms with Crippen molar-refractivity contribution in [2.45, 2.75) is 49.8 Å². The molecule has 0 radical (unpaired) electrons. The Morgan fingerprint density at radius 1 is 0.889 bits per heavy atom. The van der Waals surface area contributed by atoms with Crippen molar-refractivity contribution in [2.75, 3.05) is 25.4 Å². The number of nitrogens with zero attached hydrogens (tertiary/aromatic N) is 1. The van der Waals surface area contributed by atoms with Gasteiger partial charge < -0.3 is 9.15 Å². The van der Waals surface area contributed by atoms with E-state index in [0.717, 1.165) is 33.1 Å². The normalized spacial score (nSPS) is 13.4. The van der Waals surface area contributed by atoms with Gasteiger partial charge in [-0.15, -0.1) is 0 Å². The van der Waals surface area contributed by atoms with Gasteiger partial charge in [-0.3, -0.25) is 9.00 Å². The molecule has 0 aliphatic rings. The van der Waals surface area contributed by atoms with Crippen LogP contribution in [0.3, 0.4) is 0 Å². The van der Waals surface area contributed by atoms with Crippen LogP contribution in [0.1, 0.15) is 33.8 Å². The van der Waals surface area contributed by atoms with Gasteiger partial charge in [0.2, 0.25) is 15.8 Å². The Morgan fingerprint density at radius 3 is 2.07 bits per heavy atom. The van der Waals surface area contributed by atoms with Gasteiger partial charge in [-0.1, -0.05) is 63.2 Å². The first kappa shape index (κ1) is 34.1. The van der Waals surface area contributed by atoms with E-state index in [1.807, 2.05) is 13.0 Å². The minimum Gasteiger partial charge on any atom is -0.468 e. The van der Waals surface area contributed by atoms with E-state index in [-0.39, 0.29) is 23.0 Å². The first-order chi connectivity index (χ1) is 20.8. The summed E-state index contributed by atoms with van der Waals surface area (Å²) in [5, 5.41) is 0. The summed E-state index contributed by atoms with van der Waals surface area (Å²) < 4.78 is 92.4. The first-order valence-electron chi connectivity index (χ1n) is 13.9. The number of hydrogen-bond acceptors (Lipinski definition) is 6. The van der Waals surface area contributed by atoms with Crippen LogP contribution in [-0.4, -0.2) is 48.3 Å². The van der Waals surface area contributed by atoms with Gasteiger partial charge in [-0.25, -0.2) is 8.42 Å². The lowest BCUT2D eigenvalue weighted by Crippen LogP contribution is -2.38. The van der Waals surface area contributed by atoms with Crippen molar-refractivity contribution in [1.82, 2.24) is 4.31 Å². The number of alkyl halides is 3. The number of carbonyl (C=O) groups is 1. The highest BCUT2D eigenvalue weighted by Gasteiger charge is 2.36. The van der Waals surface area contributed by atoms with Gasteiger partial charge in [0.1, 0.15) is 11.5 Å². The molecule has 0 aliphatic heterocycles. The molecule has 4 aromatic rings. The zero-order chi connectivity index (χ0) is 33.4. The predicted molar refractivity (Wildman–Crippen MR) is 168 cm³/mol. The van der Waals surface area contributed by atoms with Crippen molar-refractivity contribution < 1.29 is 39.7 Å². The summed E-state index contributed by atoms with van der Waals surface area (Å²) in [6, 6.07) is 19.4. The average molecular weight is 664 g/mol. The monoisotopic (exact) mass is 663 g/mol. The molecule has 242 valence electrons. The Bertz CT molecular complexity index is 1880. The van der Waals surface area contributed by atoms with Crippen LogP contribution in [0.2, 0.25) is 0 Å². The molecule has 7 nitrogen and oxygen atoms in total. The summed E-state index contributed by atoms with van der Waals surface area (Å²) >= 11 is 0. The van der Waals surface area contributed by atoms with Crippen LogP contribution in [0.4, 0.5) is 13.2 Å². The SMILES string of the molecule is COC(=O)CS(C)(C)(=O)c1cccc(-c2ccc(CN(Cc3ccc(C(F)(F)F)o3)S(=O)(=O)c3c(C)cc(C)cc3C)cc2)c1. The van der Waals surface area contributed by atoms with E-state index < -0.39 is 43.5 Å². The second kappa shape index (κ2) is 12.2. The number of hydrogen-bond donors (Lipinski definition) is 0. The topological polar surface area (TPSA) is 93.9 Å². The zero-order valence-corrected chi connectivity index (χ0v) is 27.5. The summed E-state index contributed by atoms with van der Waals surface area (Å²) in [5.74, 6) is -2.20. The molecule has 0 spiro atoms. The molecule has 0 atom stereocenters. The lowest BCUT2D eigenvalue weighted by molar-refractivity contribution is -0.153. The molecule has 1 aromatic heterocycles. The number of carbonyl (C=O) groups excluding carboxylic acids is 1. The number of aryl methyl sites for hydroxylation is 3. The molecule has 0 bridgehead atoms. The third kappa shape index (κ3) is 7.74. The number of sulfonamides is 1. The second-order valence-corrected chi connectivity index (χ2v) is 18.6. The molecule has 0 saturated heterocycles. The largest absolute Gasteiger partial charge is 0.468 e. The summed E-state index contributed by atoms with van der Waals surface area (Å²) in [5.41, 5.74) is 4.01. The van der Waals surface area contributed by atoms with E-state index in [9.17, 15) is 30.6 Å². The van der Waals surface area contributed by atoms with Crippen LogP contribution in [0, 0.1) is 20.8 Å². The van der Waals surface area contributed by atoms with E-state index in [4.69, 9.17) is 9.15 Å². The van der Waals surface area contributed by atoms with Crippen LogP contribution in [0.5, 0.6) is 0 Å². The van der Waals surface area contributed by atoms with Gasteiger partial charge in [0.15, 0.2) is 0 Å². The molecule has 12 heteroatoms. The molecule has 1 heterocycles. The zero-order valence-electron chi connectivity index (χ0n) is 25.9. The molecule has 45 heavy (non-hydrogen) atoms. The van der Waals surface area contributed by atoms with Gasteiger partial charge in [0.25, 0.3) is 0 Å². The van der Waals surface area contributed by atoms with Crippen molar-refractivity contribution in [2.24, 2.45) is 0 Å². The molecular weight excluding hydrogens is 627 g/mol. The fourth-order valence-corrected chi connectivity index (χ4v) is 9.05. The number of methoxy groups -OCH3 is 1. The van der Waals surface area contributed by atoms with Crippen LogP contribution in [0.25, 0.3) is 11.1 Å². The number of rotatable bonds is 10. The van der Waals surface area contributed by atoms with Crippen LogP contribution < -0.4 is 0 Å². The maximum Gasteiger partial charge on any atom is 0.449 e. The van der Waals surface area contributed by atoms with Crippen molar-refractivity contribution in [3.05, 3.63) is 107 Å². The third-order valence-corrected chi connectivity index (χ3v) is 12.4. The van der Waals surface area contributed by atoms with Crippen LogP contribution in [0.15, 0.2) is 87.0 Å². The Labute approximate surface area is 261 Å². The molecule has 0 fully saturated rings. The molecule has 0 aliphatic carbocycles. The van der Waals surface area contributed by atoms with Gasteiger partial charge in [0.05, 0.1) is 18.6 Å². The summed E-state index contributed by atoms with van der Waals surface area (Å²) in [4.78, 5) is 12.6. The molecule has 0 saturated carbocycles. The molecule has 3 aromatic carbocycles. The maximum atomic E-state index is 14.0. The highest BCUT2D eigenvalue weighted by Crippen LogP contribution is 2.35. The van der Waals surface area contributed by atoms with Crippen LogP contribution in [-0.2, 0) is 47.9 Å². The molecule has 0 unspecified atom stereocenters. The Hall–Kier alpha value is -3.74. The third-order valence-electron chi connectivity index (χ3n) is 7.46. The smallest absolute Gasteiger partial charge is 0.449 e. The highest BCUT2D eigenvalue weighted by molar-refractivity contribution is 8.19. The maximum absolute atomic E-state index is 14.0.